The SMILES string of the molecule is CCCCC(CC)N1CC2CCC(C1)N2. The van der Waals surface area contributed by atoms with E-state index in [2.05, 4.69) is 24.1 Å². The molecule has 0 aliphatic carbocycles. The molecule has 2 aliphatic rings. The summed E-state index contributed by atoms with van der Waals surface area (Å²) in [6.07, 6.45) is 8.30. The summed E-state index contributed by atoms with van der Waals surface area (Å²) in [5, 5.41) is 3.71. The summed E-state index contributed by atoms with van der Waals surface area (Å²) in [6, 6.07) is 2.47. The van der Waals surface area contributed by atoms with Crippen LogP contribution in [0.4, 0.5) is 0 Å². The molecule has 2 bridgehead atoms. The minimum Gasteiger partial charge on any atom is -0.309 e. The third-order valence-electron chi connectivity index (χ3n) is 4.12. The van der Waals surface area contributed by atoms with Crippen molar-refractivity contribution in [2.75, 3.05) is 13.1 Å². The normalized spacial score (nSPS) is 33.2. The van der Waals surface area contributed by atoms with Crippen LogP contribution in [0.5, 0.6) is 0 Å². The molecule has 1 N–H and O–H groups in total. The Kier molecular flexibility index (Phi) is 4.04. The van der Waals surface area contributed by atoms with Crippen LogP contribution < -0.4 is 5.32 Å². The Morgan fingerprint density at radius 2 is 1.87 bits per heavy atom. The minimum absolute atomic E-state index is 0.805. The van der Waals surface area contributed by atoms with Gasteiger partial charge < -0.3 is 5.32 Å². The smallest absolute Gasteiger partial charge is 0.0198 e. The van der Waals surface area contributed by atoms with Gasteiger partial charge in [0.05, 0.1) is 0 Å². The Balaban J connectivity index is 1.85. The van der Waals surface area contributed by atoms with Crippen LogP contribution in [0.3, 0.4) is 0 Å². The van der Waals surface area contributed by atoms with Crippen molar-refractivity contribution < 1.29 is 0 Å². The zero-order valence-electron chi connectivity index (χ0n) is 10.3. The molecule has 2 heterocycles. The van der Waals surface area contributed by atoms with Gasteiger partial charge in [-0.05, 0) is 25.7 Å². The molecule has 2 saturated heterocycles. The lowest BCUT2D eigenvalue weighted by Gasteiger charge is -2.38. The Morgan fingerprint density at radius 1 is 1.20 bits per heavy atom. The molecule has 0 amide bonds. The van der Waals surface area contributed by atoms with Crippen LogP contribution in [0.1, 0.15) is 52.4 Å². The van der Waals surface area contributed by atoms with Crippen LogP contribution in [0.15, 0.2) is 0 Å². The Bertz CT molecular complexity index is 181. The first kappa shape index (κ1) is 11.4. The molecule has 88 valence electrons. The van der Waals surface area contributed by atoms with E-state index in [0.717, 1.165) is 18.1 Å². The summed E-state index contributed by atoms with van der Waals surface area (Å²) in [4.78, 5) is 2.76. The first-order valence-corrected chi connectivity index (χ1v) is 6.83. The quantitative estimate of drug-likeness (QED) is 0.749. The topological polar surface area (TPSA) is 15.3 Å². The molecule has 0 spiro atoms. The minimum atomic E-state index is 0.805. The molecule has 2 nitrogen and oxygen atoms in total. The maximum atomic E-state index is 3.71. The lowest BCUT2D eigenvalue weighted by atomic mass is 10.0. The van der Waals surface area contributed by atoms with E-state index in [1.807, 2.05) is 0 Å². The zero-order valence-corrected chi connectivity index (χ0v) is 10.3. The van der Waals surface area contributed by atoms with Crippen molar-refractivity contribution in [2.45, 2.75) is 70.5 Å². The molecule has 0 aromatic carbocycles. The van der Waals surface area contributed by atoms with E-state index in [0.29, 0.717) is 0 Å². The number of piperazine rings is 1. The molecule has 15 heavy (non-hydrogen) atoms. The fourth-order valence-corrected chi connectivity index (χ4v) is 3.21. The summed E-state index contributed by atoms with van der Waals surface area (Å²) >= 11 is 0. The van der Waals surface area contributed by atoms with Crippen LogP contribution in [0, 0.1) is 0 Å². The highest BCUT2D eigenvalue weighted by atomic mass is 15.2. The summed E-state index contributed by atoms with van der Waals surface area (Å²) in [6.45, 7) is 7.26. The Labute approximate surface area is 94.4 Å². The molecule has 0 radical (unpaired) electrons. The summed E-state index contributed by atoms with van der Waals surface area (Å²) < 4.78 is 0. The number of hydrogen-bond donors (Lipinski definition) is 1. The molecule has 2 rings (SSSR count). The van der Waals surface area contributed by atoms with Gasteiger partial charge in [-0.2, -0.15) is 0 Å². The number of likely N-dealkylation sites (tertiary alicyclic amines) is 1. The fourth-order valence-electron chi connectivity index (χ4n) is 3.21. The van der Waals surface area contributed by atoms with Crippen LogP contribution in [0.25, 0.3) is 0 Å². The van der Waals surface area contributed by atoms with Gasteiger partial charge in [0.15, 0.2) is 0 Å². The number of nitrogens with zero attached hydrogens (tertiary/aromatic N) is 1. The molecule has 3 unspecified atom stereocenters. The van der Waals surface area contributed by atoms with Gasteiger partial charge >= 0.3 is 0 Å². The van der Waals surface area contributed by atoms with Crippen molar-refractivity contribution >= 4 is 0 Å². The van der Waals surface area contributed by atoms with Gasteiger partial charge in [0.25, 0.3) is 0 Å². The van der Waals surface area contributed by atoms with E-state index < -0.39 is 0 Å². The molecular formula is C13H26N2. The summed E-state index contributed by atoms with van der Waals surface area (Å²) in [5.41, 5.74) is 0. The maximum Gasteiger partial charge on any atom is 0.0198 e. The molecular weight excluding hydrogens is 184 g/mol. The molecule has 0 aromatic heterocycles. The van der Waals surface area contributed by atoms with Gasteiger partial charge in [-0.1, -0.05) is 26.7 Å². The highest BCUT2D eigenvalue weighted by Gasteiger charge is 2.34. The van der Waals surface area contributed by atoms with Gasteiger partial charge in [0.2, 0.25) is 0 Å². The molecule has 0 aromatic rings. The molecule has 2 aliphatic heterocycles. The van der Waals surface area contributed by atoms with Crippen molar-refractivity contribution in [2.24, 2.45) is 0 Å². The molecule has 3 atom stereocenters. The lowest BCUT2D eigenvalue weighted by Crippen LogP contribution is -2.54. The van der Waals surface area contributed by atoms with Crippen LogP contribution >= 0.6 is 0 Å². The van der Waals surface area contributed by atoms with Gasteiger partial charge in [0.1, 0.15) is 0 Å². The van der Waals surface area contributed by atoms with E-state index in [1.54, 1.807) is 0 Å². The maximum absolute atomic E-state index is 3.71. The van der Waals surface area contributed by atoms with Crippen LogP contribution in [-0.2, 0) is 0 Å². The second-order valence-electron chi connectivity index (χ2n) is 5.30. The summed E-state index contributed by atoms with van der Waals surface area (Å²) in [7, 11) is 0. The monoisotopic (exact) mass is 210 g/mol. The van der Waals surface area contributed by atoms with E-state index in [-0.39, 0.29) is 0 Å². The van der Waals surface area contributed by atoms with Crippen molar-refractivity contribution in [3.05, 3.63) is 0 Å². The first-order valence-electron chi connectivity index (χ1n) is 6.83. The molecule has 0 saturated carbocycles. The predicted molar refractivity (Wildman–Crippen MR) is 65.1 cm³/mol. The van der Waals surface area contributed by atoms with Gasteiger partial charge in [-0.15, -0.1) is 0 Å². The largest absolute Gasteiger partial charge is 0.309 e. The lowest BCUT2D eigenvalue weighted by molar-refractivity contribution is 0.128. The number of hydrogen-bond acceptors (Lipinski definition) is 2. The van der Waals surface area contributed by atoms with Crippen LogP contribution in [0.2, 0.25) is 0 Å². The van der Waals surface area contributed by atoms with Gasteiger partial charge in [0, 0.05) is 31.2 Å². The third-order valence-corrected chi connectivity index (χ3v) is 4.12. The fraction of sp³-hybridized carbons (Fsp3) is 1.00. The summed E-state index contributed by atoms with van der Waals surface area (Å²) in [5.74, 6) is 0. The Hall–Kier alpha value is -0.0800. The van der Waals surface area contributed by atoms with E-state index in [4.69, 9.17) is 0 Å². The molecule has 2 heteroatoms. The first-order chi connectivity index (χ1) is 7.33. The van der Waals surface area contributed by atoms with Crippen molar-refractivity contribution in [3.63, 3.8) is 0 Å². The second kappa shape index (κ2) is 5.31. The predicted octanol–water partition coefficient (Wildman–Crippen LogP) is 2.39. The average molecular weight is 210 g/mol. The number of unbranched alkanes of at least 4 members (excludes halogenated alkanes) is 1. The highest BCUT2D eigenvalue weighted by Crippen LogP contribution is 2.24. The van der Waals surface area contributed by atoms with Gasteiger partial charge in [-0.25, -0.2) is 0 Å². The number of fused-ring (bicyclic) bond motifs is 2. The van der Waals surface area contributed by atoms with E-state index in [9.17, 15) is 0 Å². The van der Waals surface area contributed by atoms with E-state index in [1.165, 1.54) is 51.6 Å². The highest BCUT2D eigenvalue weighted by molar-refractivity contribution is 4.94. The van der Waals surface area contributed by atoms with E-state index >= 15 is 0 Å². The second-order valence-corrected chi connectivity index (χ2v) is 5.30. The van der Waals surface area contributed by atoms with Crippen LogP contribution in [-0.4, -0.2) is 36.1 Å². The Morgan fingerprint density at radius 3 is 2.40 bits per heavy atom. The zero-order chi connectivity index (χ0) is 10.7. The third kappa shape index (κ3) is 2.73. The molecule has 2 fully saturated rings. The number of rotatable bonds is 5. The van der Waals surface area contributed by atoms with Crippen molar-refractivity contribution in [1.29, 1.82) is 0 Å². The van der Waals surface area contributed by atoms with Crippen molar-refractivity contribution in [3.8, 4) is 0 Å². The number of nitrogens with one attached hydrogen (secondary N) is 1. The standard InChI is InChI=1S/C13H26N2/c1-3-5-6-13(4-2)15-9-11-7-8-12(10-15)14-11/h11-14H,3-10H2,1-2H3. The average Bonchev–Trinajstić information content (AvgIpc) is 2.59. The van der Waals surface area contributed by atoms with Gasteiger partial charge in [-0.3, -0.25) is 4.90 Å². The van der Waals surface area contributed by atoms with Crippen molar-refractivity contribution in [1.82, 2.24) is 10.2 Å².